The van der Waals surface area contributed by atoms with Crippen molar-refractivity contribution in [3.8, 4) is 0 Å². The van der Waals surface area contributed by atoms with Crippen LogP contribution in [0.25, 0.3) is 0 Å². The molecule has 1 atom stereocenters. The van der Waals surface area contributed by atoms with Crippen molar-refractivity contribution < 1.29 is 14.6 Å². The van der Waals surface area contributed by atoms with Gasteiger partial charge in [0.15, 0.2) is 0 Å². The molecule has 13 heavy (non-hydrogen) atoms. The third kappa shape index (κ3) is 5.82. The molecule has 0 aromatic heterocycles. The van der Waals surface area contributed by atoms with Crippen molar-refractivity contribution in [1.82, 2.24) is 0 Å². The highest BCUT2D eigenvalue weighted by Gasteiger charge is 2.24. The summed E-state index contributed by atoms with van der Waals surface area (Å²) < 4.78 is 4.77. The first kappa shape index (κ1) is 12.6. The molecule has 0 radical (unpaired) electrons. The van der Waals surface area contributed by atoms with Gasteiger partial charge in [-0.3, -0.25) is 4.79 Å². The number of ether oxygens (including phenoxy) is 1. The molecule has 0 aromatic carbocycles. The van der Waals surface area contributed by atoms with Crippen LogP contribution in [0.1, 0.15) is 19.8 Å². The standard InChI is InChI=1S/C9H20O3Si/c1-5-12-8(10)6-7-9(11)13(2,3)4/h9,11H,5-7H2,1-4H3/t9-/m1/s1. The molecule has 0 aliphatic carbocycles. The van der Waals surface area contributed by atoms with Gasteiger partial charge < -0.3 is 9.84 Å². The molecule has 1 N–H and O–H groups in total. The largest absolute Gasteiger partial charge is 0.466 e. The molecule has 0 spiro atoms. The molecular weight excluding hydrogens is 184 g/mol. The molecule has 0 saturated heterocycles. The fourth-order valence-corrected chi connectivity index (χ4v) is 1.93. The molecule has 0 heterocycles. The highest BCUT2D eigenvalue weighted by Crippen LogP contribution is 2.12. The van der Waals surface area contributed by atoms with E-state index < -0.39 is 8.07 Å². The Morgan fingerprint density at radius 2 is 2.00 bits per heavy atom. The Hall–Kier alpha value is -0.353. The zero-order valence-electron chi connectivity index (χ0n) is 8.96. The van der Waals surface area contributed by atoms with Crippen LogP contribution in [0.3, 0.4) is 0 Å². The zero-order valence-corrected chi connectivity index (χ0v) is 9.96. The van der Waals surface area contributed by atoms with Gasteiger partial charge in [0.05, 0.1) is 14.7 Å². The van der Waals surface area contributed by atoms with Crippen LogP contribution in [-0.2, 0) is 9.53 Å². The van der Waals surface area contributed by atoms with Gasteiger partial charge >= 0.3 is 5.97 Å². The Bertz CT molecular complexity index is 163. The fraction of sp³-hybridized carbons (Fsp3) is 0.889. The van der Waals surface area contributed by atoms with Crippen molar-refractivity contribution in [3.63, 3.8) is 0 Å². The van der Waals surface area contributed by atoms with Gasteiger partial charge in [0.25, 0.3) is 0 Å². The van der Waals surface area contributed by atoms with Gasteiger partial charge in [-0.2, -0.15) is 0 Å². The van der Waals surface area contributed by atoms with Gasteiger partial charge in [0.2, 0.25) is 0 Å². The molecule has 0 unspecified atom stereocenters. The average Bonchev–Trinajstić information content (AvgIpc) is 1.99. The maximum Gasteiger partial charge on any atom is 0.305 e. The van der Waals surface area contributed by atoms with Gasteiger partial charge in [0, 0.05) is 12.1 Å². The lowest BCUT2D eigenvalue weighted by Crippen LogP contribution is -2.38. The zero-order chi connectivity index (χ0) is 10.5. The lowest BCUT2D eigenvalue weighted by molar-refractivity contribution is -0.143. The average molecular weight is 204 g/mol. The fourth-order valence-electron chi connectivity index (χ4n) is 0.921. The molecule has 3 nitrogen and oxygen atoms in total. The van der Waals surface area contributed by atoms with E-state index in [1.807, 2.05) is 0 Å². The van der Waals surface area contributed by atoms with Gasteiger partial charge in [-0.25, -0.2) is 0 Å². The summed E-state index contributed by atoms with van der Waals surface area (Å²) in [5.74, 6) is -0.209. The van der Waals surface area contributed by atoms with Crippen LogP contribution in [-0.4, -0.2) is 31.5 Å². The molecular formula is C9H20O3Si. The normalized spacial score (nSPS) is 13.9. The van der Waals surface area contributed by atoms with Crippen LogP contribution >= 0.6 is 0 Å². The SMILES string of the molecule is CCOC(=O)CC[C@H](O)[Si](C)(C)C. The van der Waals surface area contributed by atoms with Gasteiger partial charge in [-0.1, -0.05) is 19.6 Å². The Morgan fingerprint density at radius 3 is 2.38 bits per heavy atom. The first-order chi connectivity index (χ1) is 5.88. The van der Waals surface area contributed by atoms with E-state index in [1.54, 1.807) is 6.92 Å². The highest BCUT2D eigenvalue weighted by molar-refractivity contribution is 6.77. The molecule has 0 fully saturated rings. The number of aliphatic hydroxyl groups excluding tert-OH is 1. The maximum absolute atomic E-state index is 11.0. The summed E-state index contributed by atoms with van der Waals surface area (Å²) in [7, 11) is -1.50. The summed E-state index contributed by atoms with van der Waals surface area (Å²) in [5, 5.41) is 9.66. The number of aliphatic hydroxyl groups is 1. The van der Waals surface area contributed by atoms with E-state index in [0.29, 0.717) is 19.4 Å². The quantitative estimate of drug-likeness (QED) is 0.546. The van der Waals surface area contributed by atoms with Crippen molar-refractivity contribution in [1.29, 1.82) is 0 Å². The molecule has 0 saturated carbocycles. The molecule has 0 rings (SSSR count). The van der Waals surface area contributed by atoms with E-state index in [4.69, 9.17) is 4.74 Å². The molecule has 0 aromatic rings. The van der Waals surface area contributed by atoms with Crippen LogP contribution in [0.2, 0.25) is 19.6 Å². The predicted octanol–water partition coefficient (Wildman–Crippen LogP) is 1.57. The van der Waals surface area contributed by atoms with E-state index in [2.05, 4.69) is 19.6 Å². The van der Waals surface area contributed by atoms with Crippen molar-refractivity contribution in [2.24, 2.45) is 0 Å². The minimum absolute atomic E-state index is 0.209. The summed E-state index contributed by atoms with van der Waals surface area (Å²) in [4.78, 5) is 11.0. The second kappa shape index (κ2) is 5.39. The Kier molecular flexibility index (Phi) is 5.25. The minimum Gasteiger partial charge on any atom is -0.466 e. The smallest absolute Gasteiger partial charge is 0.305 e. The summed E-state index contributed by atoms with van der Waals surface area (Å²) in [6, 6.07) is 0. The van der Waals surface area contributed by atoms with Crippen LogP contribution in [0.5, 0.6) is 0 Å². The van der Waals surface area contributed by atoms with Crippen molar-refractivity contribution in [2.75, 3.05) is 6.61 Å². The molecule has 0 aliphatic heterocycles. The van der Waals surface area contributed by atoms with Crippen LogP contribution in [0.15, 0.2) is 0 Å². The van der Waals surface area contributed by atoms with Crippen LogP contribution in [0.4, 0.5) is 0 Å². The third-order valence-corrected chi connectivity index (χ3v) is 4.21. The van der Waals surface area contributed by atoms with Gasteiger partial charge in [-0.15, -0.1) is 0 Å². The monoisotopic (exact) mass is 204 g/mol. The summed E-state index contributed by atoms with van der Waals surface area (Å²) >= 11 is 0. The summed E-state index contributed by atoms with van der Waals surface area (Å²) in [6.45, 7) is 8.46. The van der Waals surface area contributed by atoms with Crippen molar-refractivity contribution in [3.05, 3.63) is 0 Å². The highest BCUT2D eigenvalue weighted by atomic mass is 28.3. The van der Waals surface area contributed by atoms with Gasteiger partial charge in [0.1, 0.15) is 0 Å². The molecule has 0 amide bonds. The number of hydrogen-bond acceptors (Lipinski definition) is 3. The molecule has 78 valence electrons. The number of carbonyl (C=O) groups excluding carboxylic acids is 1. The Balaban J connectivity index is 3.70. The lowest BCUT2D eigenvalue weighted by atomic mass is 10.3. The topological polar surface area (TPSA) is 46.5 Å². The van der Waals surface area contributed by atoms with Crippen molar-refractivity contribution >= 4 is 14.0 Å². The maximum atomic E-state index is 11.0. The first-order valence-electron chi connectivity index (χ1n) is 4.71. The Morgan fingerprint density at radius 1 is 1.46 bits per heavy atom. The molecule has 0 bridgehead atoms. The summed E-state index contributed by atoms with van der Waals surface area (Å²) in [6.07, 6.45) is 0.869. The second-order valence-corrected chi connectivity index (χ2v) is 9.62. The Labute approximate surface area is 81.1 Å². The molecule has 4 heteroatoms. The molecule has 0 aliphatic rings. The minimum atomic E-state index is -1.50. The van der Waals surface area contributed by atoms with Crippen LogP contribution < -0.4 is 0 Å². The van der Waals surface area contributed by atoms with E-state index in [9.17, 15) is 9.90 Å². The lowest BCUT2D eigenvalue weighted by Gasteiger charge is -2.23. The number of carbonyl (C=O) groups is 1. The second-order valence-electron chi connectivity index (χ2n) is 4.23. The summed E-state index contributed by atoms with van der Waals surface area (Å²) in [5.41, 5.74) is -0.308. The van der Waals surface area contributed by atoms with E-state index >= 15 is 0 Å². The number of hydrogen-bond donors (Lipinski definition) is 1. The predicted molar refractivity (Wildman–Crippen MR) is 55.2 cm³/mol. The van der Waals surface area contributed by atoms with E-state index in [0.717, 1.165) is 0 Å². The third-order valence-electron chi connectivity index (χ3n) is 1.93. The van der Waals surface area contributed by atoms with Crippen LogP contribution in [0, 0.1) is 0 Å². The van der Waals surface area contributed by atoms with E-state index in [1.165, 1.54) is 0 Å². The first-order valence-corrected chi connectivity index (χ1v) is 8.29. The number of esters is 1. The van der Waals surface area contributed by atoms with Crippen molar-refractivity contribution in [2.45, 2.75) is 45.1 Å². The number of rotatable bonds is 5. The van der Waals surface area contributed by atoms with E-state index in [-0.39, 0.29) is 11.7 Å². The van der Waals surface area contributed by atoms with Gasteiger partial charge in [-0.05, 0) is 13.3 Å².